The first-order valence-corrected chi connectivity index (χ1v) is 4.17. The summed E-state index contributed by atoms with van der Waals surface area (Å²) in [5.74, 6) is 0.279. The quantitative estimate of drug-likeness (QED) is 0.467. The molecule has 0 aliphatic carbocycles. The molecular weight excluding hydrogens is 138 g/mol. The SMILES string of the molecule is C/C=C(\C)C(=O)CCCC[NH3+]. The Balaban J connectivity index is 3.53. The van der Waals surface area contributed by atoms with E-state index in [1.54, 1.807) is 0 Å². The molecule has 0 saturated heterocycles. The van der Waals surface area contributed by atoms with Crippen LogP contribution in [0.5, 0.6) is 0 Å². The van der Waals surface area contributed by atoms with Crippen molar-refractivity contribution in [2.75, 3.05) is 6.54 Å². The van der Waals surface area contributed by atoms with Gasteiger partial charge in [0, 0.05) is 6.42 Å². The average Bonchev–Trinajstić information content (AvgIpc) is 2.03. The minimum Gasteiger partial charge on any atom is -0.358 e. The summed E-state index contributed by atoms with van der Waals surface area (Å²) < 4.78 is 0. The highest BCUT2D eigenvalue weighted by Crippen LogP contribution is 2.02. The van der Waals surface area contributed by atoms with Crippen LogP contribution in [0.4, 0.5) is 0 Å². The lowest BCUT2D eigenvalue weighted by Crippen LogP contribution is -2.50. The first kappa shape index (κ1) is 10.4. The molecule has 11 heavy (non-hydrogen) atoms. The van der Waals surface area contributed by atoms with Crippen molar-refractivity contribution in [3.63, 3.8) is 0 Å². The number of allylic oxidation sites excluding steroid dienone is 2. The van der Waals surface area contributed by atoms with Gasteiger partial charge in [-0.2, -0.15) is 0 Å². The van der Waals surface area contributed by atoms with Crippen LogP contribution in [-0.4, -0.2) is 12.3 Å². The Kier molecular flexibility index (Phi) is 5.75. The maximum atomic E-state index is 11.2. The third-order valence-corrected chi connectivity index (χ3v) is 1.78. The summed E-state index contributed by atoms with van der Waals surface area (Å²) in [6.07, 6.45) is 4.59. The van der Waals surface area contributed by atoms with Crippen molar-refractivity contribution in [3.8, 4) is 0 Å². The number of quaternary nitrogens is 1. The molecule has 0 rings (SSSR count). The lowest BCUT2D eigenvalue weighted by Gasteiger charge is -1.97. The maximum absolute atomic E-state index is 11.2. The number of ketones is 1. The fourth-order valence-electron chi connectivity index (χ4n) is 0.820. The van der Waals surface area contributed by atoms with E-state index in [0.717, 1.165) is 25.0 Å². The van der Waals surface area contributed by atoms with Crippen LogP contribution in [0.25, 0.3) is 0 Å². The highest BCUT2D eigenvalue weighted by Gasteiger charge is 2.01. The Morgan fingerprint density at radius 1 is 1.45 bits per heavy atom. The van der Waals surface area contributed by atoms with Crippen molar-refractivity contribution in [3.05, 3.63) is 11.6 Å². The van der Waals surface area contributed by atoms with E-state index in [4.69, 9.17) is 0 Å². The van der Waals surface area contributed by atoms with Crippen LogP contribution in [-0.2, 0) is 4.79 Å². The molecule has 2 nitrogen and oxygen atoms in total. The molecule has 0 aliphatic heterocycles. The molecule has 0 aliphatic rings. The molecule has 0 atom stereocenters. The standard InChI is InChI=1S/C9H17NO/c1-3-8(2)9(11)6-4-5-7-10/h3H,4-7,10H2,1-2H3/p+1/b8-3+. The van der Waals surface area contributed by atoms with Gasteiger partial charge < -0.3 is 5.73 Å². The van der Waals surface area contributed by atoms with Crippen LogP contribution < -0.4 is 5.73 Å². The zero-order chi connectivity index (χ0) is 8.69. The van der Waals surface area contributed by atoms with Crippen LogP contribution in [0.1, 0.15) is 33.1 Å². The molecule has 0 aromatic carbocycles. The first-order chi connectivity index (χ1) is 5.22. The van der Waals surface area contributed by atoms with Gasteiger partial charge >= 0.3 is 0 Å². The van der Waals surface area contributed by atoms with Gasteiger partial charge in [-0.25, -0.2) is 0 Å². The molecule has 0 fully saturated rings. The van der Waals surface area contributed by atoms with E-state index < -0.39 is 0 Å². The molecule has 0 aromatic heterocycles. The topological polar surface area (TPSA) is 44.7 Å². The van der Waals surface area contributed by atoms with Gasteiger partial charge in [-0.1, -0.05) is 6.08 Å². The Bertz CT molecular complexity index is 150. The van der Waals surface area contributed by atoms with Crippen molar-refractivity contribution < 1.29 is 10.5 Å². The molecule has 3 N–H and O–H groups in total. The molecule has 0 spiro atoms. The number of Topliss-reactive ketones (excluding diaryl/α,β-unsaturated/α-hetero) is 1. The highest BCUT2D eigenvalue weighted by atomic mass is 16.1. The molecule has 2 heteroatoms. The minimum atomic E-state index is 0.279. The van der Waals surface area contributed by atoms with Crippen molar-refractivity contribution in [2.45, 2.75) is 33.1 Å². The second kappa shape index (κ2) is 6.10. The molecule has 64 valence electrons. The summed E-state index contributed by atoms with van der Waals surface area (Å²) in [7, 11) is 0. The molecule has 0 amide bonds. The zero-order valence-corrected chi connectivity index (χ0v) is 7.52. The summed E-state index contributed by atoms with van der Waals surface area (Å²) in [5.41, 5.74) is 4.61. The number of hydrogen-bond acceptors (Lipinski definition) is 1. The number of hydrogen-bond donors (Lipinski definition) is 1. The Morgan fingerprint density at radius 2 is 2.09 bits per heavy atom. The molecule has 0 bridgehead atoms. The normalized spacial score (nSPS) is 11.7. The summed E-state index contributed by atoms with van der Waals surface area (Å²) in [6, 6.07) is 0. The Morgan fingerprint density at radius 3 is 2.55 bits per heavy atom. The van der Waals surface area contributed by atoms with E-state index in [-0.39, 0.29) is 5.78 Å². The lowest BCUT2D eigenvalue weighted by atomic mass is 10.1. The third-order valence-electron chi connectivity index (χ3n) is 1.78. The largest absolute Gasteiger partial charge is 0.358 e. The zero-order valence-electron chi connectivity index (χ0n) is 7.52. The highest BCUT2D eigenvalue weighted by molar-refractivity contribution is 5.94. The summed E-state index contributed by atoms with van der Waals surface area (Å²) in [6.45, 7) is 4.70. The average molecular weight is 156 g/mol. The van der Waals surface area contributed by atoms with E-state index in [0.29, 0.717) is 6.42 Å². The molecule has 0 radical (unpaired) electrons. The molecule has 0 saturated carbocycles. The van der Waals surface area contributed by atoms with Gasteiger partial charge in [0.05, 0.1) is 6.54 Å². The predicted molar refractivity (Wildman–Crippen MR) is 46.0 cm³/mol. The van der Waals surface area contributed by atoms with Gasteiger partial charge in [0.2, 0.25) is 0 Å². The summed E-state index contributed by atoms with van der Waals surface area (Å²) in [4.78, 5) is 11.2. The first-order valence-electron chi connectivity index (χ1n) is 4.17. The number of carbonyl (C=O) groups is 1. The predicted octanol–water partition coefficient (Wildman–Crippen LogP) is 0.934. The van der Waals surface area contributed by atoms with Gasteiger partial charge in [0.15, 0.2) is 5.78 Å². The van der Waals surface area contributed by atoms with Gasteiger partial charge in [-0.05, 0) is 32.3 Å². The molecule has 0 aromatic rings. The Hall–Kier alpha value is -0.630. The van der Waals surface area contributed by atoms with Gasteiger partial charge in [0.1, 0.15) is 0 Å². The number of unbranched alkanes of at least 4 members (excludes halogenated alkanes) is 1. The molecule has 0 heterocycles. The number of carbonyl (C=O) groups excluding carboxylic acids is 1. The van der Waals surface area contributed by atoms with Crippen LogP contribution in [0.2, 0.25) is 0 Å². The van der Waals surface area contributed by atoms with Gasteiger partial charge in [-0.3, -0.25) is 4.79 Å². The van der Waals surface area contributed by atoms with Crippen molar-refractivity contribution in [1.29, 1.82) is 0 Å². The van der Waals surface area contributed by atoms with Crippen LogP contribution in [0, 0.1) is 0 Å². The van der Waals surface area contributed by atoms with E-state index in [1.165, 1.54) is 0 Å². The maximum Gasteiger partial charge on any atom is 0.158 e. The number of rotatable bonds is 5. The smallest absolute Gasteiger partial charge is 0.158 e. The van der Waals surface area contributed by atoms with E-state index in [1.807, 2.05) is 19.9 Å². The lowest BCUT2D eigenvalue weighted by molar-refractivity contribution is -0.368. The molecular formula is C9H18NO+. The van der Waals surface area contributed by atoms with E-state index in [2.05, 4.69) is 5.73 Å². The van der Waals surface area contributed by atoms with Crippen LogP contribution in [0.15, 0.2) is 11.6 Å². The van der Waals surface area contributed by atoms with Crippen molar-refractivity contribution in [2.24, 2.45) is 0 Å². The van der Waals surface area contributed by atoms with E-state index in [9.17, 15) is 4.79 Å². The summed E-state index contributed by atoms with van der Waals surface area (Å²) >= 11 is 0. The van der Waals surface area contributed by atoms with Gasteiger partial charge in [0.25, 0.3) is 0 Å². The summed E-state index contributed by atoms with van der Waals surface area (Å²) in [5, 5.41) is 0. The van der Waals surface area contributed by atoms with Crippen molar-refractivity contribution in [1.82, 2.24) is 0 Å². The van der Waals surface area contributed by atoms with Crippen LogP contribution in [0.3, 0.4) is 0 Å². The monoisotopic (exact) mass is 156 g/mol. The Labute approximate surface area is 68.5 Å². The third kappa shape index (κ3) is 4.73. The van der Waals surface area contributed by atoms with Crippen LogP contribution >= 0.6 is 0 Å². The van der Waals surface area contributed by atoms with Gasteiger partial charge in [-0.15, -0.1) is 0 Å². The van der Waals surface area contributed by atoms with Crippen molar-refractivity contribution >= 4 is 5.78 Å². The minimum absolute atomic E-state index is 0.279. The van der Waals surface area contributed by atoms with E-state index >= 15 is 0 Å². The fraction of sp³-hybridized carbons (Fsp3) is 0.667. The second-order valence-electron chi connectivity index (χ2n) is 2.71. The second-order valence-corrected chi connectivity index (χ2v) is 2.71. The molecule has 0 unspecified atom stereocenters. The fourth-order valence-corrected chi connectivity index (χ4v) is 0.820.